The Labute approximate surface area is 294 Å². The third kappa shape index (κ3) is 8.27. The normalized spacial score (nSPS) is 49.1. The Morgan fingerprint density at radius 2 is 1.31 bits per heavy atom. The molecule has 0 bridgehead atoms. The Morgan fingerprint density at radius 3 is 2.02 bits per heavy atom. The molecule has 19 nitrogen and oxygen atoms in total. The number of hydrogen-bond acceptors (Lipinski definition) is 19. The summed E-state index contributed by atoms with van der Waals surface area (Å²) in [5, 5.41) is 64.4. The average Bonchev–Trinajstić information content (AvgIpc) is 3.43. The molecular weight excluding hydrogens is 678 g/mol. The van der Waals surface area contributed by atoms with Gasteiger partial charge in [-0.25, -0.2) is 0 Å². The summed E-state index contributed by atoms with van der Waals surface area (Å²) in [6, 6.07) is 5.84. The van der Waals surface area contributed by atoms with Crippen molar-refractivity contribution in [2.75, 3.05) is 19.8 Å². The number of fused-ring (bicyclic) bond motifs is 1. The highest BCUT2D eigenvalue weighted by atomic mass is 16.8. The molecule has 6 rings (SSSR count). The molecule has 4 saturated heterocycles. The van der Waals surface area contributed by atoms with E-state index in [4.69, 9.17) is 66.6 Å². The molecule has 1 aromatic carbocycles. The van der Waals surface area contributed by atoms with Crippen LogP contribution in [0.15, 0.2) is 30.3 Å². The highest BCUT2D eigenvalue weighted by Gasteiger charge is 2.55. The van der Waals surface area contributed by atoms with Gasteiger partial charge in [0.15, 0.2) is 25.2 Å². The zero-order valence-corrected chi connectivity index (χ0v) is 28.0. The molecule has 0 unspecified atom stereocenters. The molecule has 1 saturated carbocycles. The van der Waals surface area contributed by atoms with Crippen LogP contribution >= 0.6 is 0 Å². The van der Waals surface area contributed by atoms with Crippen LogP contribution in [0.1, 0.15) is 18.4 Å². The van der Waals surface area contributed by atoms with E-state index in [0.717, 1.165) is 5.56 Å². The van der Waals surface area contributed by atoms with Crippen LogP contribution in [0, 0.1) is 0 Å². The molecule has 51 heavy (non-hydrogen) atoms. The van der Waals surface area contributed by atoms with Crippen LogP contribution in [-0.4, -0.2) is 173 Å². The first kappa shape index (κ1) is 39.2. The average molecular weight is 732 g/mol. The van der Waals surface area contributed by atoms with Crippen molar-refractivity contribution in [3.8, 4) is 0 Å². The maximum atomic E-state index is 11.3. The van der Waals surface area contributed by atoms with Gasteiger partial charge in [-0.15, -0.1) is 0 Å². The maximum Gasteiger partial charge on any atom is 0.187 e. The molecule has 5 aliphatic rings. The van der Waals surface area contributed by atoms with E-state index in [1.54, 1.807) is 0 Å². The third-order valence-corrected chi connectivity index (χ3v) is 10.4. The van der Waals surface area contributed by atoms with E-state index >= 15 is 0 Å². The highest BCUT2D eigenvalue weighted by Crippen LogP contribution is 2.35. The smallest absolute Gasteiger partial charge is 0.187 e. The van der Waals surface area contributed by atoms with Crippen molar-refractivity contribution in [1.82, 2.24) is 0 Å². The topological polar surface area (TPSA) is 325 Å². The molecule has 1 aromatic rings. The number of nitrogens with two attached hydrogens (primary N) is 5. The summed E-state index contributed by atoms with van der Waals surface area (Å²) in [5.74, 6) is 0. The first-order valence-corrected chi connectivity index (χ1v) is 17.4. The summed E-state index contributed by atoms with van der Waals surface area (Å²) in [4.78, 5) is 0. The summed E-state index contributed by atoms with van der Waals surface area (Å²) < 4.78 is 47.7. The van der Waals surface area contributed by atoms with E-state index in [0.29, 0.717) is 12.8 Å². The number of hydrogen-bond donors (Lipinski definition) is 11. The first-order chi connectivity index (χ1) is 24.4. The fourth-order valence-electron chi connectivity index (χ4n) is 7.34. The quantitative estimate of drug-likeness (QED) is 0.101. The van der Waals surface area contributed by atoms with Crippen molar-refractivity contribution in [3.63, 3.8) is 0 Å². The standard InChI is InChI=1S/C32H53N5O14/c33-9-15-22(40)23(41)19(36)30(45-15)50-27-16(10-38)46-32(25(27)43)51-29-21(39)13(34)8-14(35)26(29)49-31-20(37)24(42)28-17(47-31)11-44-18(48-28)7-6-12-4-2-1-3-5-12/h1-5,13-32,38-43H,6-11,33-37H2/t13-,14+,15+,16+,17+,18+,19-,20+,21+,22-,23-,24+,25+,26-,27+,28+,29-,30-,31+,32-/m0/s1. The van der Waals surface area contributed by atoms with Gasteiger partial charge in [0.05, 0.1) is 31.4 Å². The first-order valence-electron chi connectivity index (χ1n) is 17.4. The van der Waals surface area contributed by atoms with E-state index in [9.17, 15) is 30.6 Å². The summed E-state index contributed by atoms with van der Waals surface area (Å²) in [7, 11) is 0. The van der Waals surface area contributed by atoms with Gasteiger partial charge in [0.1, 0.15) is 67.1 Å². The molecule has 4 aliphatic heterocycles. The monoisotopic (exact) mass is 731 g/mol. The molecule has 16 N–H and O–H groups in total. The van der Waals surface area contributed by atoms with Gasteiger partial charge in [-0.1, -0.05) is 30.3 Å². The van der Waals surface area contributed by atoms with Crippen molar-refractivity contribution >= 4 is 0 Å². The molecule has 19 heteroatoms. The highest BCUT2D eigenvalue weighted by molar-refractivity contribution is 5.14. The molecule has 0 radical (unpaired) electrons. The summed E-state index contributed by atoms with van der Waals surface area (Å²) in [6.45, 7) is -0.697. The molecule has 0 spiro atoms. The fraction of sp³-hybridized carbons (Fsp3) is 0.812. The molecule has 5 fully saturated rings. The second-order valence-electron chi connectivity index (χ2n) is 13.9. The van der Waals surface area contributed by atoms with Gasteiger partial charge in [0, 0.05) is 25.0 Å². The number of aryl methyl sites for hydroxylation is 1. The van der Waals surface area contributed by atoms with Crippen LogP contribution in [0.5, 0.6) is 0 Å². The van der Waals surface area contributed by atoms with E-state index in [2.05, 4.69) is 0 Å². The van der Waals surface area contributed by atoms with Crippen molar-refractivity contribution in [1.29, 1.82) is 0 Å². The molecule has 290 valence electrons. The SMILES string of the molecule is NC[C@H]1O[C@@H](O[C@H]2[C@@H](O)[C@H](O[C@H]3[C@H](O)[C@@H](N)C[C@@H](N)[C@@H]3O[C@H]3O[C@@H]4CO[C@@H](CCc5ccccc5)O[C@H]4[C@H](O)[C@H]3N)O[C@@H]2CO)[C@@H](N)[C@H](O)[C@H]1O. The second kappa shape index (κ2) is 16.9. The van der Waals surface area contributed by atoms with Crippen LogP contribution in [0.3, 0.4) is 0 Å². The molecule has 0 amide bonds. The lowest BCUT2D eigenvalue weighted by atomic mass is 9.84. The molecule has 1 aliphatic carbocycles. The van der Waals surface area contributed by atoms with E-state index in [1.807, 2.05) is 30.3 Å². The minimum atomic E-state index is -1.59. The number of rotatable bonds is 11. The number of benzene rings is 1. The van der Waals surface area contributed by atoms with Crippen molar-refractivity contribution in [3.05, 3.63) is 35.9 Å². The minimum absolute atomic E-state index is 0.0976. The maximum absolute atomic E-state index is 11.3. The van der Waals surface area contributed by atoms with Gasteiger partial charge < -0.3 is 97.2 Å². The lowest BCUT2D eigenvalue weighted by Crippen LogP contribution is -2.69. The van der Waals surface area contributed by atoms with Crippen LogP contribution in [0.2, 0.25) is 0 Å². The van der Waals surface area contributed by atoms with E-state index in [-0.39, 0.29) is 19.6 Å². The molecule has 20 atom stereocenters. The van der Waals surface area contributed by atoms with Gasteiger partial charge in [0.25, 0.3) is 0 Å². The third-order valence-electron chi connectivity index (χ3n) is 10.4. The molecule has 4 heterocycles. The van der Waals surface area contributed by atoms with Crippen molar-refractivity contribution in [2.45, 2.75) is 142 Å². The number of aliphatic hydroxyl groups is 6. The Balaban J connectivity index is 1.10. The lowest BCUT2D eigenvalue weighted by Gasteiger charge is -2.49. The van der Waals surface area contributed by atoms with Gasteiger partial charge >= 0.3 is 0 Å². The minimum Gasteiger partial charge on any atom is -0.394 e. The summed E-state index contributed by atoms with van der Waals surface area (Å²) >= 11 is 0. The predicted molar refractivity (Wildman–Crippen MR) is 173 cm³/mol. The predicted octanol–water partition coefficient (Wildman–Crippen LogP) is -5.84. The lowest BCUT2D eigenvalue weighted by molar-refractivity contribution is -0.354. The molecule has 0 aromatic heterocycles. The van der Waals surface area contributed by atoms with E-state index in [1.165, 1.54) is 0 Å². The van der Waals surface area contributed by atoms with Gasteiger partial charge in [-0.3, -0.25) is 0 Å². The summed E-state index contributed by atoms with van der Waals surface area (Å²) in [6.07, 6.45) is -17.8. The molecular formula is C32H53N5O14. The fourth-order valence-corrected chi connectivity index (χ4v) is 7.34. The van der Waals surface area contributed by atoms with Gasteiger partial charge in [-0.2, -0.15) is 0 Å². The Kier molecular flexibility index (Phi) is 12.9. The van der Waals surface area contributed by atoms with Crippen LogP contribution in [-0.2, 0) is 44.3 Å². The van der Waals surface area contributed by atoms with Crippen molar-refractivity contribution in [2.24, 2.45) is 28.7 Å². The van der Waals surface area contributed by atoms with Crippen molar-refractivity contribution < 1.29 is 68.5 Å². The van der Waals surface area contributed by atoms with Crippen LogP contribution in [0.25, 0.3) is 0 Å². The van der Waals surface area contributed by atoms with Crippen LogP contribution in [0.4, 0.5) is 0 Å². The zero-order valence-electron chi connectivity index (χ0n) is 28.0. The Bertz CT molecular complexity index is 1240. The number of ether oxygens (including phenoxy) is 8. The number of aliphatic hydroxyl groups excluding tert-OH is 6. The Morgan fingerprint density at radius 1 is 0.667 bits per heavy atom. The zero-order chi connectivity index (χ0) is 36.6. The van der Waals surface area contributed by atoms with Crippen LogP contribution < -0.4 is 28.7 Å². The second-order valence-corrected chi connectivity index (χ2v) is 13.9. The Hall–Kier alpha value is -1.54. The van der Waals surface area contributed by atoms with Gasteiger partial charge in [0.2, 0.25) is 0 Å². The van der Waals surface area contributed by atoms with Gasteiger partial charge in [-0.05, 0) is 18.4 Å². The van der Waals surface area contributed by atoms with E-state index < -0.39 is 129 Å². The summed E-state index contributed by atoms with van der Waals surface area (Å²) in [5.41, 5.74) is 31.9. The largest absolute Gasteiger partial charge is 0.394 e.